The Labute approximate surface area is 137 Å². The Hall–Kier alpha value is -1.69. The number of amides is 1. The molecule has 1 rings (SSSR count). The van der Waals surface area contributed by atoms with Crippen LogP contribution in [0, 0.1) is 0 Å². The molecule has 2 N–H and O–H groups in total. The average molecular weight is 328 g/mol. The van der Waals surface area contributed by atoms with Crippen molar-refractivity contribution in [1.29, 1.82) is 0 Å². The zero-order valence-electron chi connectivity index (χ0n) is 13.8. The van der Waals surface area contributed by atoms with Gasteiger partial charge in [0.15, 0.2) is 5.96 Å². The third-order valence-corrected chi connectivity index (χ3v) is 3.32. The smallest absolute Gasteiger partial charge is 0.241 e. The molecule has 0 aliphatic heterocycles. The van der Waals surface area contributed by atoms with E-state index in [0.717, 1.165) is 18.7 Å². The number of aliphatic imine (C=N–C) groups is 1. The van der Waals surface area contributed by atoms with E-state index in [0.29, 0.717) is 24.1 Å². The van der Waals surface area contributed by atoms with E-state index in [-0.39, 0.29) is 12.5 Å². The molecule has 0 spiro atoms. The first-order valence-corrected chi connectivity index (χ1v) is 7.92. The van der Waals surface area contributed by atoms with E-state index in [1.54, 1.807) is 0 Å². The molecule has 124 valence electrons. The fraction of sp³-hybridized carbons (Fsp3) is 0.600. The van der Waals surface area contributed by atoms with Gasteiger partial charge in [-0.3, -0.25) is 4.79 Å². The minimum atomic E-state index is -0.0624. The number of nitrogens with zero attached hydrogens (tertiary/aromatic N) is 3. The molecule has 0 atom stereocenters. The van der Waals surface area contributed by atoms with Gasteiger partial charge in [0.2, 0.25) is 5.91 Å². The van der Waals surface area contributed by atoms with E-state index >= 15 is 0 Å². The van der Waals surface area contributed by atoms with Crippen molar-refractivity contribution in [2.45, 2.75) is 26.8 Å². The number of carbonyl (C=O) groups is 1. The van der Waals surface area contributed by atoms with Crippen molar-refractivity contribution in [1.82, 2.24) is 20.1 Å². The highest BCUT2D eigenvalue weighted by molar-refractivity contribution is 6.30. The van der Waals surface area contributed by atoms with Gasteiger partial charge in [0.1, 0.15) is 6.54 Å². The summed E-state index contributed by atoms with van der Waals surface area (Å²) >= 11 is 6.00. The van der Waals surface area contributed by atoms with Gasteiger partial charge in [-0.25, -0.2) is 4.99 Å². The van der Waals surface area contributed by atoms with Crippen LogP contribution in [-0.2, 0) is 18.4 Å². The van der Waals surface area contributed by atoms with E-state index in [1.807, 2.05) is 49.7 Å². The van der Waals surface area contributed by atoms with Crippen LogP contribution >= 0.6 is 11.6 Å². The summed E-state index contributed by atoms with van der Waals surface area (Å²) in [5.74, 6) is 0.638. The molecule has 0 bridgehead atoms. The maximum Gasteiger partial charge on any atom is 0.241 e. The molecular formula is C15H26ClN5O. The summed E-state index contributed by atoms with van der Waals surface area (Å²) in [6.45, 7) is 6.23. The second-order valence-electron chi connectivity index (χ2n) is 5.14. The summed E-state index contributed by atoms with van der Waals surface area (Å²) in [7, 11) is 3.89. The zero-order valence-corrected chi connectivity index (χ0v) is 14.6. The van der Waals surface area contributed by atoms with Crippen molar-refractivity contribution >= 4 is 23.5 Å². The highest BCUT2D eigenvalue weighted by Gasteiger charge is 2.10. The van der Waals surface area contributed by atoms with Gasteiger partial charge in [0, 0.05) is 39.1 Å². The van der Waals surface area contributed by atoms with Gasteiger partial charge in [-0.15, -0.1) is 0 Å². The minimum Gasteiger partial charge on any atom is -0.357 e. The number of guanidine groups is 1. The summed E-state index contributed by atoms with van der Waals surface area (Å²) in [6, 6.07) is 1.93. The predicted molar refractivity (Wildman–Crippen MR) is 91.2 cm³/mol. The number of aromatic nitrogens is 1. The lowest BCUT2D eigenvalue weighted by Gasteiger charge is -2.22. The zero-order chi connectivity index (χ0) is 16.5. The highest BCUT2D eigenvalue weighted by atomic mass is 35.5. The molecule has 0 aliphatic rings. The minimum absolute atomic E-state index is 0.0624. The molecule has 0 fully saturated rings. The second-order valence-corrected chi connectivity index (χ2v) is 5.57. The molecule has 0 radical (unpaired) electrons. The standard InChI is InChI=1S/C15H26ClN5O/c1-5-7-18-14(22)9-19-15(17-6-2)21(4)11-13-8-12(16)10-20(13)3/h8,10H,5-7,9,11H2,1-4H3,(H,17,19)(H,18,22). The van der Waals surface area contributed by atoms with Crippen LogP contribution in [0.1, 0.15) is 26.0 Å². The van der Waals surface area contributed by atoms with Crippen molar-refractivity contribution in [3.05, 3.63) is 23.0 Å². The van der Waals surface area contributed by atoms with Gasteiger partial charge in [-0.1, -0.05) is 18.5 Å². The summed E-state index contributed by atoms with van der Waals surface area (Å²) in [5, 5.41) is 6.73. The molecule has 0 aliphatic carbocycles. The first-order chi connectivity index (χ1) is 10.5. The fourth-order valence-corrected chi connectivity index (χ4v) is 2.25. The Morgan fingerprint density at radius 2 is 2.14 bits per heavy atom. The van der Waals surface area contributed by atoms with Crippen LogP contribution < -0.4 is 10.6 Å². The SMILES string of the molecule is CCCNC(=O)CN=C(NCC)N(C)Cc1cc(Cl)cn1C. The first kappa shape index (κ1) is 18.4. The number of rotatable bonds is 7. The van der Waals surface area contributed by atoms with Gasteiger partial charge < -0.3 is 20.1 Å². The summed E-state index contributed by atoms with van der Waals surface area (Å²) in [5.41, 5.74) is 1.08. The lowest BCUT2D eigenvalue weighted by molar-refractivity contribution is -0.119. The predicted octanol–water partition coefficient (Wildman–Crippen LogP) is 1.60. The Morgan fingerprint density at radius 1 is 1.41 bits per heavy atom. The fourth-order valence-electron chi connectivity index (χ4n) is 1.98. The van der Waals surface area contributed by atoms with Gasteiger partial charge in [0.05, 0.1) is 11.6 Å². The normalized spacial score (nSPS) is 11.4. The Morgan fingerprint density at radius 3 is 2.68 bits per heavy atom. The summed E-state index contributed by atoms with van der Waals surface area (Å²) in [4.78, 5) is 18.0. The topological polar surface area (TPSA) is 61.7 Å². The lowest BCUT2D eigenvalue weighted by Crippen LogP contribution is -2.39. The number of halogens is 1. The number of carbonyl (C=O) groups excluding carboxylic acids is 1. The quantitative estimate of drug-likeness (QED) is 0.590. The van der Waals surface area contributed by atoms with Crippen molar-refractivity contribution in [2.24, 2.45) is 12.0 Å². The largest absolute Gasteiger partial charge is 0.357 e. The van der Waals surface area contributed by atoms with Crippen molar-refractivity contribution in [3.63, 3.8) is 0 Å². The molecule has 1 aromatic heterocycles. The molecule has 0 unspecified atom stereocenters. The number of hydrogen-bond donors (Lipinski definition) is 2. The van der Waals surface area contributed by atoms with Crippen LogP contribution in [0.25, 0.3) is 0 Å². The molecule has 22 heavy (non-hydrogen) atoms. The first-order valence-electron chi connectivity index (χ1n) is 7.54. The van der Waals surface area contributed by atoms with Crippen molar-refractivity contribution in [3.8, 4) is 0 Å². The van der Waals surface area contributed by atoms with Crippen molar-refractivity contribution in [2.75, 3.05) is 26.7 Å². The Kier molecular flexibility index (Phi) is 7.80. The molecule has 0 saturated carbocycles. The van der Waals surface area contributed by atoms with E-state index in [4.69, 9.17) is 11.6 Å². The van der Waals surface area contributed by atoms with Crippen LogP contribution in [0.4, 0.5) is 0 Å². The second kappa shape index (κ2) is 9.35. The van der Waals surface area contributed by atoms with Crippen LogP contribution in [0.2, 0.25) is 5.02 Å². The van der Waals surface area contributed by atoms with E-state index < -0.39 is 0 Å². The monoisotopic (exact) mass is 327 g/mol. The van der Waals surface area contributed by atoms with Crippen molar-refractivity contribution < 1.29 is 4.79 Å². The lowest BCUT2D eigenvalue weighted by atomic mass is 10.4. The average Bonchev–Trinajstić information content (AvgIpc) is 2.78. The van der Waals surface area contributed by atoms with E-state index in [2.05, 4.69) is 15.6 Å². The van der Waals surface area contributed by atoms with Crippen LogP contribution in [0.3, 0.4) is 0 Å². The molecule has 1 amide bonds. The van der Waals surface area contributed by atoms with Crippen LogP contribution in [-0.4, -0.2) is 48.0 Å². The van der Waals surface area contributed by atoms with Crippen LogP contribution in [0.5, 0.6) is 0 Å². The molecular weight excluding hydrogens is 302 g/mol. The van der Waals surface area contributed by atoms with Gasteiger partial charge in [-0.2, -0.15) is 0 Å². The number of aryl methyl sites for hydroxylation is 1. The molecule has 0 aromatic carbocycles. The maximum absolute atomic E-state index is 11.7. The van der Waals surface area contributed by atoms with Crippen LogP contribution in [0.15, 0.2) is 17.3 Å². The molecule has 0 saturated heterocycles. The van der Waals surface area contributed by atoms with Gasteiger partial charge in [0.25, 0.3) is 0 Å². The van der Waals surface area contributed by atoms with Gasteiger partial charge in [-0.05, 0) is 19.4 Å². The van der Waals surface area contributed by atoms with E-state index in [9.17, 15) is 4.79 Å². The summed E-state index contributed by atoms with van der Waals surface area (Å²) in [6.07, 6.45) is 2.79. The molecule has 1 heterocycles. The summed E-state index contributed by atoms with van der Waals surface area (Å²) < 4.78 is 1.98. The Balaban J connectivity index is 2.68. The third-order valence-electron chi connectivity index (χ3n) is 3.11. The Bertz CT molecular complexity index is 512. The van der Waals surface area contributed by atoms with E-state index in [1.165, 1.54) is 0 Å². The molecule has 7 heteroatoms. The highest BCUT2D eigenvalue weighted by Crippen LogP contribution is 2.14. The van der Waals surface area contributed by atoms with Gasteiger partial charge >= 0.3 is 0 Å². The maximum atomic E-state index is 11.7. The molecule has 1 aromatic rings. The number of nitrogens with one attached hydrogen (secondary N) is 2. The number of hydrogen-bond acceptors (Lipinski definition) is 2. The third kappa shape index (κ3) is 5.97. The molecule has 6 nitrogen and oxygen atoms in total.